The van der Waals surface area contributed by atoms with Gasteiger partial charge in [0.2, 0.25) is 6.79 Å². The molecule has 0 aliphatic carbocycles. The molecule has 0 atom stereocenters. The van der Waals surface area contributed by atoms with Crippen molar-refractivity contribution in [2.45, 2.75) is 19.3 Å². The molecule has 0 amide bonds. The zero-order valence-electron chi connectivity index (χ0n) is 12.0. The second kappa shape index (κ2) is 4.75. The molecular formula is C17H18O3. The first-order chi connectivity index (χ1) is 9.63. The van der Waals surface area contributed by atoms with Gasteiger partial charge < -0.3 is 14.2 Å². The Kier molecular flexibility index (Phi) is 3.05. The largest absolute Gasteiger partial charge is 0.496 e. The van der Waals surface area contributed by atoms with Gasteiger partial charge in [-0.3, -0.25) is 0 Å². The Balaban J connectivity index is 2.13. The Morgan fingerprint density at radius 3 is 2.30 bits per heavy atom. The summed E-state index contributed by atoms with van der Waals surface area (Å²) in [7, 11) is 1.68. The van der Waals surface area contributed by atoms with E-state index in [0.717, 1.165) is 22.8 Å². The fraction of sp³-hybridized carbons (Fsp3) is 0.294. The summed E-state index contributed by atoms with van der Waals surface area (Å²) in [4.78, 5) is 0. The highest BCUT2D eigenvalue weighted by Crippen LogP contribution is 2.44. The molecule has 1 aliphatic heterocycles. The molecule has 20 heavy (non-hydrogen) atoms. The third-order valence-electron chi connectivity index (χ3n) is 3.86. The van der Waals surface area contributed by atoms with E-state index in [0.29, 0.717) is 0 Å². The number of benzene rings is 2. The fourth-order valence-electron chi connectivity index (χ4n) is 2.59. The lowest BCUT2D eigenvalue weighted by Gasteiger charge is -2.28. The minimum atomic E-state index is -0.173. The van der Waals surface area contributed by atoms with Crippen molar-refractivity contribution >= 4 is 0 Å². The average molecular weight is 270 g/mol. The van der Waals surface area contributed by atoms with E-state index >= 15 is 0 Å². The molecule has 2 aromatic carbocycles. The van der Waals surface area contributed by atoms with Crippen molar-refractivity contribution in [2.75, 3.05) is 13.9 Å². The van der Waals surface area contributed by atoms with Crippen LogP contribution in [0.4, 0.5) is 0 Å². The SMILES string of the molecule is COc1cc2c(cc1C(C)(C)c1ccccc1)OCO2. The predicted octanol–water partition coefficient (Wildman–Crippen LogP) is 3.75. The standard InChI is InChI=1S/C17H18O3/c1-17(2,12-7-5-4-6-8-12)13-9-15-16(20-11-19-15)10-14(13)18-3/h4-10H,11H2,1-3H3. The summed E-state index contributed by atoms with van der Waals surface area (Å²) in [5.41, 5.74) is 2.15. The van der Waals surface area contributed by atoms with Crippen LogP contribution in [0.3, 0.4) is 0 Å². The fourth-order valence-corrected chi connectivity index (χ4v) is 2.59. The predicted molar refractivity (Wildman–Crippen MR) is 77.7 cm³/mol. The molecule has 0 bridgehead atoms. The van der Waals surface area contributed by atoms with Gasteiger partial charge in [0, 0.05) is 17.0 Å². The number of fused-ring (bicyclic) bond motifs is 1. The van der Waals surface area contributed by atoms with Crippen molar-refractivity contribution in [1.29, 1.82) is 0 Å². The molecule has 0 unspecified atom stereocenters. The van der Waals surface area contributed by atoms with Crippen LogP contribution in [-0.4, -0.2) is 13.9 Å². The maximum Gasteiger partial charge on any atom is 0.231 e. The van der Waals surface area contributed by atoms with E-state index in [1.165, 1.54) is 5.56 Å². The summed E-state index contributed by atoms with van der Waals surface area (Å²) >= 11 is 0. The highest BCUT2D eigenvalue weighted by atomic mass is 16.7. The van der Waals surface area contributed by atoms with Crippen LogP contribution in [0, 0.1) is 0 Å². The van der Waals surface area contributed by atoms with Gasteiger partial charge in [-0.2, -0.15) is 0 Å². The molecule has 104 valence electrons. The van der Waals surface area contributed by atoms with Gasteiger partial charge in [-0.15, -0.1) is 0 Å². The number of methoxy groups -OCH3 is 1. The van der Waals surface area contributed by atoms with Crippen LogP contribution in [0.25, 0.3) is 0 Å². The molecule has 3 nitrogen and oxygen atoms in total. The minimum absolute atomic E-state index is 0.173. The van der Waals surface area contributed by atoms with Gasteiger partial charge in [-0.05, 0) is 11.6 Å². The molecule has 0 fully saturated rings. The highest BCUT2D eigenvalue weighted by Gasteiger charge is 2.29. The molecule has 0 saturated heterocycles. The summed E-state index contributed by atoms with van der Waals surface area (Å²) in [5, 5.41) is 0. The molecule has 1 heterocycles. The molecule has 0 spiro atoms. The van der Waals surface area contributed by atoms with Crippen molar-refractivity contribution in [3.63, 3.8) is 0 Å². The first-order valence-electron chi connectivity index (χ1n) is 6.66. The summed E-state index contributed by atoms with van der Waals surface area (Å²) in [6, 6.07) is 14.3. The maximum absolute atomic E-state index is 5.54. The quantitative estimate of drug-likeness (QED) is 0.850. The monoisotopic (exact) mass is 270 g/mol. The Morgan fingerprint density at radius 1 is 1.00 bits per heavy atom. The molecule has 0 N–H and O–H groups in total. The number of hydrogen-bond acceptors (Lipinski definition) is 3. The molecule has 3 heteroatoms. The normalized spacial score (nSPS) is 13.3. The molecule has 3 rings (SSSR count). The van der Waals surface area contributed by atoms with E-state index < -0.39 is 0 Å². The molecule has 0 aromatic heterocycles. The van der Waals surface area contributed by atoms with Gasteiger partial charge >= 0.3 is 0 Å². The highest BCUT2D eigenvalue weighted by molar-refractivity contribution is 5.56. The van der Waals surface area contributed by atoms with Gasteiger partial charge in [0.25, 0.3) is 0 Å². The molecule has 2 aromatic rings. The van der Waals surface area contributed by atoms with E-state index in [2.05, 4.69) is 38.1 Å². The van der Waals surface area contributed by atoms with Crippen LogP contribution in [0.2, 0.25) is 0 Å². The van der Waals surface area contributed by atoms with Gasteiger partial charge in [0.15, 0.2) is 11.5 Å². The molecular weight excluding hydrogens is 252 g/mol. The number of ether oxygens (including phenoxy) is 3. The lowest BCUT2D eigenvalue weighted by molar-refractivity contribution is 0.174. The van der Waals surface area contributed by atoms with Crippen molar-refractivity contribution < 1.29 is 14.2 Å². The van der Waals surface area contributed by atoms with Crippen LogP contribution in [0.1, 0.15) is 25.0 Å². The van der Waals surface area contributed by atoms with Crippen LogP contribution >= 0.6 is 0 Å². The summed E-state index contributed by atoms with van der Waals surface area (Å²) in [6.07, 6.45) is 0. The van der Waals surface area contributed by atoms with Crippen molar-refractivity contribution in [2.24, 2.45) is 0 Å². The lowest BCUT2D eigenvalue weighted by Crippen LogP contribution is -2.19. The zero-order chi connectivity index (χ0) is 14.2. The van der Waals surface area contributed by atoms with E-state index in [-0.39, 0.29) is 12.2 Å². The van der Waals surface area contributed by atoms with Gasteiger partial charge in [0.1, 0.15) is 5.75 Å². The van der Waals surface area contributed by atoms with E-state index in [1.807, 2.05) is 18.2 Å². The third-order valence-corrected chi connectivity index (χ3v) is 3.86. The smallest absolute Gasteiger partial charge is 0.231 e. The minimum Gasteiger partial charge on any atom is -0.496 e. The van der Waals surface area contributed by atoms with Crippen LogP contribution in [0.5, 0.6) is 17.2 Å². The van der Waals surface area contributed by atoms with Crippen molar-refractivity contribution in [1.82, 2.24) is 0 Å². The van der Waals surface area contributed by atoms with Crippen molar-refractivity contribution in [3.05, 3.63) is 53.6 Å². The van der Waals surface area contributed by atoms with Gasteiger partial charge in [-0.1, -0.05) is 44.2 Å². The Labute approximate surface area is 119 Å². The van der Waals surface area contributed by atoms with Gasteiger partial charge in [-0.25, -0.2) is 0 Å². The first-order valence-corrected chi connectivity index (χ1v) is 6.66. The topological polar surface area (TPSA) is 27.7 Å². The third kappa shape index (κ3) is 1.99. The van der Waals surface area contributed by atoms with Crippen molar-refractivity contribution in [3.8, 4) is 17.2 Å². The second-order valence-electron chi connectivity index (χ2n) is 5.40. The van der Waals surface area contributed by atoms with E-state index in [4.69, 9.17) is 14.2 Å². The Hall–Kier alpha value is -2.16. The van der Waals surface area contributed by atoms with Crippen LogP contribution in [0.15, 0.2) is 42.5 Å². The molecule has 0 radical (unpaired) electrons. The van der Waals surface area contributed by atoms with Gasteiger partial charge in [0.05, 0.1) is 7.11 Å². The Bertz CT molecular complexity index is 618. The first kappa shape index (κ1) is 12.9. The molecule has 1 aliphatic rings. The van der Waals surface area contributed by atoms with Crippen LogP contribution in [-0.2, 0) is 5.41 Å². The number of hydrogen-bond donors (Lipinski definition) is 0. The maximum atomic E-state index is 5.54. The van der Waals surface area contributed by atoms with E-state index in [1.54, 1.807) is 7.11 Å². The summed E-state index contributed by atoms with van der Waals surface area (Å²) in [6.45, 7) is 4.64. The lowest BCUT2D eigenvalue weighted by atomic mass is 9.77. The summed E-state index contributed by atoms with van der Waals surface area (Å²) in [5.74, 6) is 2.35. The van der Waals surface area contributed by atoms with E-state index in [9.17, 15) is 0 Å². The molecule has 0 saturated carbocycles. The summed E-state index contributed by atoms with van der Waals surface area (Å²) < 4.78 is 16.4. The van der Waals surface area contributed by atoms with Crippen LogP contribution < -0.4 is 14.2 Å². The second-order valence-corrected chi connectivity index (χ2v) is 5.40. The number of rotatable bonds is 3. The Morgan fingerprint density at radius 2 is 1.65 bits per heavy atom. The zero-order valence-corrected chi connectivity index (χ0v) is 12.0. The average Bonchev–Trinajstić information content (AvgIpc) is 2.94.